The topological polar surface area (TPSA) is 77.4 Å². The van der Waals surface area contributed by atoms with E-state index in [2.05, 4.69) is 17.1 Å². The molecule has 2 aromatic carbocycles. The fourth-order valence-corrected chi connectivity index (χ4v) is 4.60. The summed E-state index contributed by atoms with van der Waals surface area (Å²) in [4.78, 5) is 19.2. The number of methoxy groups -OCH3 is 1. The Bertz CT molecular complexity index is 1120. The lowest BCUT2D eigenvalue weighted by atomic mass is 10.1. The van der Waals surface area contributed by atoms with Gasteiger partial charge in [0.25, 0.3) is 0 Å². The third kappa shape index (κ3) is 5.11. The fraction of sp³-hybridized carbons (Fsp3) is 0.360. The smallest absolute Gasteiger partial charge is 0.247 e. The molecule has 1 aliphatic rings. The minimum Gasteiger partial charge on any atom is -0.497 e. The summed E-state index contributed by atoms with van der Waals surface area (Å²) in [7, 11) is 1.61. The first kappa shape index (κ1) is 23.0. The van der Waals surface area contributed by atoms with Gasteiger partial charge >= 0.3 is 0 Å². The number of rotatable bonds is 8. The third-order valence-electron chi connectivity index (χ3n) is 5.46. The van der Waals surface area contributed by atoms with Crippen LogP contribution in [0.15, 0.2) is 53.7 Å². The van der Waals surface area contributed by atoms with Crippen LogP contribution in [0.3, 0.4) is 0 Å². The highest BCUT2D eigenvalue weighted by Gasteiger charge is 2.34. The molecular weight excluding hydrogens is 436 g/mol. The number of para-hydroxylation sites is 1. The molecule has 1 atom stereocenters. The number of thioether (sulfide) groups is 1. The fourth-order valence-electron chi connectivity index (χ4n) is 3.82. The van der Waals surface area contributed by atoms with Crippen molar-refractivity contribution in [3.8, 4) is 22.9 Å². The van der Waals surface area contributed by atoms with Crippen LogP contribution in [0.4, 0.5) is 5.69 Å². The molecule has 0 spiro atoms. The number of carbonyl (C=O) groups excluding carboxylic acids is 1. The molecule has 0 radical (unpaired) electrons. The molecular formula is C25H28N4O3S. The Balaban J connectivity index is 1.75. The molecule has 1 aromatic heterocycles. The molecule has 0 aliphatic carbocycles. The van der Waals surface area contributed by atoms with Gasteiger partial charge in [-0.3, -0.25) is 9.69 Å². The molecule has 0 bridgehead atoms. The van der Waals surface area contributed by atoms with Crippen LogP contribution >= 0.6 is 11.8 Å². The summed E-state index contributed by atoms with van der Waals surface area (Å²) in [6.07, 6.45) is 4.00. The van der Waals surface area contributed by atoms with Crippen LogP contribution in [0.5, 0.6) is 11.6 Å². The molecule has 1 aliphatic heterocycles. The number of nitrogens with zero attached hydrogens (tertiary/aromatic N) is 4. The third-order valence-corrected chi connectivity index (χ3v) is 6.38. The second-order valence-electron chi connectivity index (χ2n) is 7.81. The van der Waals surface area contributed by atoms with Crippen molar-refractivity contribution in [3.63, 3.8) is 0 Å². The zero-order chi connectivity index (χ0) is 23.2. The number of hydrogen-bond acceptors (Lipinski definition) is 7. The molecule has 7 nitrogen and oxygen atoms in total. The Hall–Kier alpha value is -3.13. The van der Waals surface area contributed by atoms with Crippen LogP contribution < -0.4 is 14.4 Å². The number of ether oxygens (including phenoxy) is 2. The quantitative estimate of drug-likeness (QED) is 0.314. The van der Waals surface area contributed by atoms with Crippen LogP contribution in [0.25, 0.3) is 11.3 Å². The maximum absolute atomic E-state index is 12.9. The SMILES string of the molecule is CCCCCCSc1nnc2c(n1)O[C@H](c1cccc(OC)c1)N(C(C)=O)c1ccccc1-2. The van der Waals surface area contributed by atoms with E-state index in [0.717, 1.165) is 23.3 Å². The van der Waals surface area contributed by atoms with E-state index in [-0.39, 0.29) is 5.91 Å². The lowest BCUT2D eigenvalue weighted by molar-refractivity contribution is -0.118. The van der Waals surface area contributed by atoms with Crippen molar-refractivity contribution in [1.82, 2.24) is 15.2 Å². The molecule has 0 saturated heterocycles. The van der Waals surface area contributed by atoms with Crippen molar-refractivity contribution >= 4 is 23.4 Å². The average molecular weight is 465 g/mol. The Morgan fingerprint density at radius 3 is 2.76 bits per heavy atom. The van der Waals surface area contributed by atoms with E-state index < -0.39 is 6.23 Å². The van der Waals surface area contributed by atoms with Crippen LogP contribution in [-0.2, 0) is 4.79 Å². The Morgan fingerprint density at radius 2 is 1.97 bits per heavy atom. The summed E-state index contributed by atoms with van der Waals surface area (Å²) in [6.45, 7) is 3.73. The molecule has 172 valence electrons. The summed E-state index contributed by atoms with van der Waals surface area (Å²) in [5.41, 5.74) is 2.76. The maximum atomic E-state index is 12.9. The van der Waals surface area contributed by atoms with Crippen LogP contribution in [0.1, 0.15) is 51.3 Å². The standard InChI is InChI=1S/C25H28N4O3S/c1-4-5-6-9-15-33-25-26-23-22(27-28-25)20-13-7-8-14-21(20)29(17(2)30)24(32-23)18-11-10-12-19(16-18)31-3/h7-8,10-14,16,24H,4-6,9,15H2,1-3H3/t24-/m1/s1. The Kier molecular flexibility index (Phi) is 7.44. The van der Waals surface area contributed by atoms with Gasteiger partial charge in [-0.1, -0.05) is 68.3 Å². The minimum absolute atomic E-state index is 0.151. The molecule has 0 saturated carbocycles. The van der Waals surface area contributed by atoms with Gasteiger partial charge in [0, 0.05) is 23.8 Å². The van der Waals surface area contributed by atoms with E-state index in [1.807, 2.05) is 48.5 Å². The van der Waals surface area contributed by atoms with Gasteiger partial charge in [0.15, 0.2) is 5.69 Å². The molecule has 1 amide bonds. The lowest BCUT2D eigenvalue weighted by Crippen LogP contribution is -2.36. The summed E-state index contributed by atoms with van der Waals surface area (Å²) in [5, 5.41) is 9.39. The summed E-state index contributed by atoms with van der Waals surface area (Å²) < 4.78 is 11.8. The Morgan fingerprint density at radius 1 is 1.12 bits per heavy atom. The Labute approximate surface area is 198 Å². The van der Waals surface area contributed by atoms with Gasteiger partial charge in [0.2, 0.25) is 23.2 Å². The van der Waals surface area contributed by atoms with Crippen LogP contribution in [0, 0.1) is 0 Å². The van der Waals surface area contributed by atoms with Crippen molar-refractivity contribution in [1.29, 1.82) is 0 Å². The van der Waals surface area contributed by atoms with Crippen molar-refractivity contribution in [2.75, 3.05) is 17.8 Å². The van der Waals surface area contributed by atoms with Gasteiger partial charge in [-0.05, 0) is 24.6 Å². The van der Waals surface area contributed by atoms with E-state index >= 15 is 0 Å². The highest BCUT2D eigenvalue weighted by molar-refractivity contribution is 7.99. The van der Waals surface area contributed by atoms with Crippen molar-refractivity contribution in [2.45, 2.75) is 50.9 Å². The van der Waals surface area contributed by atoms with E-state index in [1.54, 1.807) is 23.8 Å². The normalized spacial score (nSPS) is 14.6. The summed E-state index contributed by atoms with van der Waals surface area (Å²) in [6, 6.07) is 15.1. The van der Waals surface area contributed by atoms with Gasteiger partial charge in [0.05, 0.1) is 12.8 Å². The molecule has 8 heteroatoms. The van der Waals surface area contributed by atoms with E-state index in [9.17, 15) is 4.79 Å². The minimum atomic E-state index is -0.723. The molecule has 0 fully saturated rings. The molecule has 2 heterocycles. The molecule has 4 rings (SSSR count). The molecule has 3 aromatic rings. The first-order valence-electron chi connectivity index (χ1n) is 11.2. The van der Waals surface area contributed by atoms with Crippen molar-refractivity contribution in [2.24, 2.45) is 0 Å². The second-order valence-corrected chi connectivity index (χ2v) is 8.87. The first-order chi connectivity index (χ1) is 16.1. The van der Waals surface area contributed by atoms with Crippen molar-refractivity contribution < 1.29 is 14.3 Å². The highest BCUT2D eigenvalue weighted by atomic mass is 32.2. The molecule has 0 N–H and O–H groups in total. The zero-order valence-corrected chi connectivity index (χ0v) is 20.0. The van der Waals surface area contributed by atoms with Gasteiger partial charge < -0.3 is 9.47 Å². The molecule has 33 heavy (non-hydrogen) atoms. The number of anilines is 1. The largest absolute Gasteiger partial charge is 0.497 e. The average Bonchev–Trinajstić information content (AvgIpc) is 2.98. The van der Waals surface area contributed by atoms with Gasteiger partial charge in [-0.15, -0.1) is 10.2 Å². The van der Waals surface area contributed by atoms with Crippen LogP contribution in [-0.4, -0.2) is 34.0 Å². The van der Waals surface area contributed by atoms with E-state index in [1.165, 1.54) is 26.2 Å². The van der Waals surface area contributed by atoms with Crippen LogP contribution in [0.2, 0.25) is 0 Å². The summed E-state index contributed by atoms with van der Waals surface area (Å²) >= 11 is 1.58. The second kappa shape index (κ2) is 10.7. The molecule has 0 unspecified atom stereocenters. The van der Waals surface area contributed by atoms with E-state index in [4.69, 9.17) is 14.5 Å². The van der Waals surface area contributed by atoms with Gasteiger partial charge in [-0.25, -0.2) is 0 Å². The number of amides is 1. The number of fused-ring (bicyclic) bond motifs is 3. The predicted molar refractivity (Wildman–Crippen MR) is 130 cm³/mol. The maximum Gasteiger partial charge on any atom is 0.247 e. The van der Waals surface area contributed by atoms with Gasteiger partial charge in [0.1, 0.15) is 5.75 Å². The zero-order valence-electron chi connectivity index (χ0n) is 19.2. The summed E-state index contributed by atoms with van der Waals surface area (Å²) in [5.74, 6) is 1.82. The van der Waals surface area contributed by atoms with Gasteiger partial charge in [-0.2, -0.15) is 4.98 Å². The lowest BCUT2D eigenvalue weighted by Gasteiger charge is -2.30. The number of hydrogen-bond donors (Lipinski definition) is 0. The van der Waals surface area contributed by atoms with Crippen molar-refractivity contribution in [3.05, 3.63) is 54.1 Å². The first-order valence-corrected chi connectivity index (χ1v) is 12.2. The monoisotopic (exact) mass is 464 g/mol. The highest BCUT2D eigenvalue weighted by Crippen LogP contribution is 2.43. The number of unbranched alkanes of at least 4 members (excludes halogenated alkanes) is 3. The number of carbonyl (C=O) groups is 1. The number of benzene rings is 2. The van der Waals surface area contributed by atoms with E-state index in [0.29, 0.717) is 28.2 Å². The predicted octanol–water partition coefficient (Wildman–Crippen LogP) is 5.66. The number of aromatic nitrogens is 3.